The molecule has 0 bridgehead atoms. The normalized spacial score (nSPS) is 10.5. The summed E-state index contributed by atoms with van der Waals surface area (Å²) in [6, 6.07) is 4.28. The molecule has 0 saturated heterocycles. The summed E-state index contributed by atoms with van der Waals surface area (Å²) in [6.07, 6.45) is 5.99. The Kier molecular flexibility index (Phi) is 4.35. The average molecular weight is 287 g/mol. The topological polar surface area (TPSA) is 92.2 Å². The van der Waals surface area contributed by atoms with E-state index in [0.717, 1.165) is 12.3 Å². The van der Waals surface area contributed by atoms with Crippen molar-refractivity contribution in [3.63, 3.8) is 0 Å². The van der Waals surface area contributed by atoms with Gasteiger partial charge in [-0.3, -0.25) is 14.8 Å². The molecule has 0 unspecified atom stereocenters. The predicted molar refractivity (Wildman–Crippen MR) is 73.1 cm³/mol. The van der Waals surface area contributed by atoms with Crippen LogP contribution in [-0.4, -0.2) is 27.0 Å². The van der Waals surface area contributed by atoms with Crippen molar-refractivity contribution in [2.24, 2.45) is 0 Å². The molecule has 2 aromatic rings. The second kappa shape index (κ2) is 6.38. The lowest BCUT2D eigenvalue weighted by molar-refractivity contribution is -0.131. The van der Waals surface area contributed by atoms with Crippen molar-refractivity contribution in [2.75, 3.05) is 5.32 Å². The Morgan fingerprint density at radius 2 is 2.05 bits per heavy atom. The highest BCUT2D eigenvalue weighted by atomic mass is 19.1. The Balaban J connectivity index is 2.10. The minimum Gasteiger partial charge on any atom is -0.478 e. The highest BCUT2D eigenvalue weighted by Crippen LogP contribution is 2.12. The van der Waals surface area contributed by atoms with E-state index in [-0.39, 0.29) is 11.4 Å². The summed E-state index contributed by atoms with van der Waals surface area (Å²) in [4.78, 5) is 29.7. The van der Waals surface area contributed by atoms with Gasteiger partial charge in [0.1, 0.15) is 5.69 Å². The van der Waals surface area contributed by atoms with E-state index in [1.54, 1.807) is 0 Å². The Morgan fingerprint density at radius 3 is 2.67 bits per heavy atom. The standard InChI is InChI=1S/C14H10FN3O3/c15-10-8-16-6-5-11(10)18-14(21)12-3-1-9(7-17-12)2-4-13(19)20/h1-8H,(H,19,20)(H,16,18,21)/b4-2+. The molecule has 6 nitrogen and oxygen atoms in total. The van der Waals surface area contributed by atoms with E-state index in [4.69, 9.17) is 5.11 Å². The minimum atomic E-state index is -1.08. The van der Waals surface area contributed by atoms with Crippen molar-refractivity contribution in [3.8, 4) is 0 Å². The fraction of sp³-hybridized carbons (Fsp3) is 0. The van der Waals surface area contributed by atoms with Crippen LogP contribution in [0.1, 0.15) is 16.1 Å². The number of hydrogen-bond donors (Lipinski definition) is 2. The molecule has 2 heterocycles. The number of aliphatic carboxylic acids is 1. The summed E-state index contributed by atoms with van der Waals surface area (Å²) in [5.41, 5.74) is 0.620. The second-order valence-corrected chi connectivity index (χ2v) is 3.96. The molecule has 0 aliphatic heterocycles. The first-order valence-corrected chi connectivity index (χ1v) is 5.84. The van der Waals surface area contributed by atoms with Gasteiger partial charge in [-0.1, -0.05) is 6.07 Å². The number of pyridine rings is 2. The van der Waals surface area contributed by atoms with Crippen LogP contribution in [0, 0.1) is 5.82 Å². The maximum absolute atomic E-state index is 13.3. The monoisotopic (exact) mass is 287 g/mol. The van der Waals surface area contributed by atoms with E-state index in [1.807, 2.05) is 0 Å². The molecular formula is C14H10FN3O3. The summed E-state index contributed by atoms with van der Waals surface area (Å²) < 4.78 is 13.3. The number of carbonyl (C=O) groups is 2. The lowest BCUT2D eigenvalue weighted by Crippen LogP contribution is -2.14. The fourth-order valence-corrected chi connectivity index (χ4v) is 1.47. The van der Waals surface area contributed by atoms with Crippen LogP contribution >= 0.6 is 0 Å². The molecule has 0 radical (unpaired) electrons. The number of carbonyl (C=O) groups excluding carboxylic acids is 1. The molecule has 21 heavy (non-hydrogen) atoms. The number of halogens is 1. The van der Waals surface area contributed by atoms with Gasteiger partial charge in [0.25, 0.3) is 5.91 Å². The smallest absolute Gasteiger partial charge is 0.328 e. The number of anilines is 1. The first-order valence-electron chi connectivity index (χ1n) is 5.84. The first-order chi connectivity index (χ1) is 10.1. The van der Waals surface area contributed by atoms with Gasteiger partial charge in [-0.05, 0) is 23.8 Å². The van der Waals surface area contributed by atoms with E-state index in [9.17, 15) is 14.0 Å². The van der Waals surface area contributed by atoms with Crippen LogP contribution in [0.25, 0.3) is 6.08 Å². The van der Waals surface area contributed by atoms with Crippen molar-refractivity contribution >= 4 is 23.6 Å². The molecule has 0 aliphatic carbocycles. The van der Waals surface area contributed by atoms with Crippen LogP contribution < -0.4 is 5.32 Å². The number of hydrogen-bond acceptors (Lipinski definition) is 4. The van der Waals surface area contributed by atoms with E-state index >= 15 is 0 Å². The van der Waals surface area contributed by atoms with Crippen LogP contribution in [0.4, 0.5) is 10.1 Å². The number of rotatable bonds is 4. The van der Waals surface area contributed by atoms with Crippen molar-refractivity contribution < 1.29 is 19.1 Å². The predicted octanol–water partition coefficient (Wildman–Crippen LogP) is 1.97. The highest BCUT2D eigenvalue weighted by molar-refractivity contribution is 6.02. The molecule has 0 spiro atoms. The number of aromatic nitrogens is 2. The van der Waals surface area contributed by atoms with E-state index in [2.05, 4.69) is 15.3 Å². The fourth-order valence-electron chi connectivity index (χ4n) is 1.47. The van der Waals surface area contributed by atoms with Gasteiger partial charge in [0.2, 0.25) is 0 Å². The molecule has 0 aliphatic rings. The molecule has 0 atom stereocenters. The van der Waals surface area contributed by atoms with Gasteiger partial charge in [0.15, 0.2) is 5.82 Å². The summed E-state index contributed by atoms with van der Waals surface area (Å²) in [6.45, 7) is 0. The third kappa shape index (κ3) is 3.93. The molecule has 106 valence electrons. The highest BCUT2D eigenvalue weighted by Gasteiger charge is 2.10. The second-order valence-electron chi connectivity index (χ2n) is 3.96. The van der Waals surface area contributed by atoms with Gasteiger partial charge in [0, 0.05) is 18.5 Å². The maximum atomic E-state index is 13.3. The van der Waals surface area contributed by atoms with Gasteiger partial charge < -0.3 is 10.4 Å². The molecule has 0 saturated carbocycles. The van der Waals surface area contributed by atoms with Crippen molar-refractivity contribution in [1.82, 2.24) is 9.97 Å². The Labute approximate surface area is 119 Å². The van der Waals surface area contributed by atoms with Crippen LogP contribution in [0.3, 0.4) is 0 Å². The number of amides is 1. The van der Waals surface area contributed by atoms with Crippen LogP contribution in [0.5, 0.6) is 0 Å². The van der Waals surface area contributed by atoms with E-state index < -0.39 is 17.7 Å². The Bertz CT molecular complexity index is 699. The van der Waals surface area contributed by atoms with Gasteiger partial charge in [-0.25, -0.2) is 9.18 Å². The molecule has 1 amide bonds. The van der Waals surface area contributed by atoms with E-state index in [1.165, 1.54) is 36.7 Å². The summed E-state index contributed by atoms with van der Waals surface area (Å²) in [5.74, 6) is -2.30. The molecule has 2 N–H and O–H groups in total. The van der Waals surface area contributed by atoms with Crippen molar-refractivity contribution in [2.45, 2.75) is 0 Å². The zero-order valence-corrected chi connectivity index (χ0v) is 10.7. The molecule has 7 heteroatoms. The SMILES string of the molecule is O=C(O)/C=C/c1ccc(C(=O)Nc2ccncc2F)nc1. The molecule has 2 rings (SSSR count). The van der Waals surface area contributed by atoms with Crippen molar-refractivity contribution in [1.29, 1.82) is 0 Å². The third-order valence-corrected chi connectivity index (χ3v) is 2.46. The first kappa shape index (κ1) is 14.3. The minimum absolute atomic E-state index is 0.00616. The largest absolute Gasteiger partial charge is 0.478 e. The summed E-state index contributed by atoms with van der Waals surface area (Å²) >= 11 is 0. The Hall–Kier alpha value is -3.09. The number of nitrogens with zero attached hydrogens (tertiary/aromatic N) is 2. The quantitative estimate of drug-likeness (QED) is 0.839. The zero-order chi connectivity index (χ0) is 15.2. The molecule has 0 fully saturated rings. The number of carboxylic acid groups (broad SMARTS) is 1. The lowest BCUT2D eigenvalue weighted by Gasteiger charge is -2.05. The Morgan fingerprint density at radius 1 is 1.24 bits per heavy atom. The van der Waals surface area contributed by atoms with Gasteiger partial charge >= 0.3 is 5.97 Å². The molecule has 0 aromatic carbocycles. The van der Waals surface area contributed by atoms with Crippen LogP contribution in [0.15, 0.2) is 42.9 Å². The zero-order valence-electron chi connectivity index (χ0n) is 10.7. The van der Waals surface area contributed by atoms with Crippen molar-refractivity contribution in [3.05, 3.63) is 59.9 Å². The molecular weight excluding hydrogens is 277 g/mol. The lowest BCUT2D eigenvalue weighted by atomic mass is 10.2. The van der Waals surface area contributed by atoms with E-state index in [0.29, 0.717) is 5.56 Å². The van der Waals surface area contributed by atoms with Crippen LogP contribution in [-0.2, 0) is 4.79 Å². The average Bonchev–Trinajstić information content (AvgIpc) is 2.48. The molecule has 2 aromatic heterocycles. The number of nitrogens with one attached hydrogen (secondary N) is 1. The van der Waals surface area contributed by atoms with Crippen LogP contribution in [0.2, 0.25) is 0 Å². The summed E-state index contributed by atoms with van der Waals surface area (Å²) in [7, 11) is 0. The summed E-state index contributed by atoms with van der Waals surface area (Å²) in [5, 5.41) is 10.9. The third-order valence-electron chi connectivity index (χ3n) is 2.46. The van der Waals surface area contributed by atoms with Gasteiger partial charge in [-0.2, -0.15) is 0 Å². The maximum Gasteiger partial charge on any atom is 0.328 e. The van der Waals surface area contributed by atoms with Gasteiger partial charge in [0.05, 0.1) is 11.9 Å². The number of carboxylic acids is 1. The van der Waals surface area contributed by atoms with Gasteiger partial charge in [-0.15, -0.1) is 0 Å².